The van der Waals surface area contributed by atoms with Gasteiger partial charge in [-0.1, -0.05) is 41.6 Å². The monoisotopic (exact) mass is 407 g/mol. The standard InChI is InChI=1S/C19H16ClF2N3OS/c1-2-9-25-18(11-26-15-7-8-17(22)16(20)10-15)23-24-19(25)27-12-13-3-5-14(21)6-4-13/h2-8,10H,1,9,11-12H2. The van der Waals surface area contributed by atoms with Gasteiger partial charge in [-0.2, -0.15) is 0 Å². The van der Waals surface area contributed by atoms with Gasteiger partial charge in [0.2, 0.25) is 0 Å². The smallest absolute Gasteiger partial charge is 0.191 e. The second kappa shape index (κ2) is 9.01. The molecule has 0 aliphatic carbocycles. The van der Waals surface area contributed by atoms with Crippen molar-refractivity contribution in [3.8, 4) is 5.75 Å². The normalized spacial score (nSPS) is 10.8. The molecule has 1 aromatic heterocycles. The molecule has 2 aromatic carbocycles. The Balaban J connectivity index is 1.69. The molecule has 0 spiro atoms. The molecule has 0 aliphatic rings. The van der Waals surface area contributed by atoms with E-state index in [2.05, 4.69) is 16.8 Å². The molecule has 1 heterocycles. The second-order valence-electron chi connectivity index (χ2n) is 5.58. The summed E-state index contributed by atoms with van der Waals surface area (Å²) in [6.45, 7) is 4.43. The fourth-order valence-electron chi connectivity index (χ4n) is 2.29. The molecule has 27 heavy (non-hydrogen) atoms. The Bertz CT molecular complexity index is 931. The lowest BCUT2D eigenvalue weighted by molar-refractivity contribution is 0.288. The van der Waals surface area contributed by atoms with Crippen molar-refractivity contribution in [2.45, 2.75) is 24.1 Å². The maximum atomic E-state index is 13.2. The van der Waals surface area contributed by atoms with E-state index in [1.165, 1.54) is 42.1 Å². The Hall–Kier alpha value is -2.38. The fourth-order valence-corrected chi connectivity index (χ4v) is 3.38. The number of rotatable bonds is 8. The highest BCUT2D eigenvalue weighted by Gasteiger charge is 2.13. The fraction of sp³-hybridized carbons (Fsp3) is 0.158. The Morgan fingerprint density at radius 1 is 1.15 bits per heavy atom. The van der Waals surface area contributed by atoms with Crippen molar-refractivity contribution in [1.29, 1.82) is 0 Å². The van der Waals surface area contributed by atoms with Crippen LogP contribution in [0.25, 0.3) is 0 Å². The van der Waals surface area contributed by atoms with Crippen LogP contribution >= 0.6 is 23.4 Å². The van der Waals surface area contributed by atoms with Gasteiger partial charge < -0.3 is 4.74 Å². The van der Waals surface area contributed by atoms with Crippen molar-refractivity contribution in [3.05, 3.63) is 83.2 Å². The molecule has 0 saturated carbocycles. The summed E-state index contributed by atoms with van der Waals surface area (Å²) in [7, 11) is 0. The van der Waals surface area contributed by atoms with Crippen LogP contribution in [0.5, 0.6) is 5.75 Å². The number of allylic oxidation sites excluding steroid dienone is 1. The molecule has 0 bridgehead atoms. The largest absolute Gasteiger partial charge is 0.486 e. The number of benzene rings is 2. The molecule has 0 N–H and O–H groups in total. The van der Waals surface area contributed by atoms with Gasteiger partial charge in [0.25, 0.3) is 0 Å². The molecule has 0 saturated heterocycles. The third kappa shape index (κ3) is 5.08. The molecular formula is C19H16ClF2N3OS. The number of ether oxygens (including phenoxy) is 1. The molecular weight excluding hydrogens is 392 g/mol. The summed E-state index contributed by atoms with van der Waals surface area (Å²) in [5.74, 6) is 0.911. The lowest BCUT2D eigenvalue weighted by atomic mass is 10.2. The van der Waals surface area contributed by atoms with Gasteiger partial charge >= 0.3 is 0 Å². The molecule has 140 valence electrons. The third-order valence-electron chi connectivity index (χ3n) is 3.65. The average molecular weight is 408 g/mol. The quantitative estimate of drug-likeness (QED) is 0.377. The first-order valence-corrected chi connectivity index (χ1v) is 9.41. The van der Waals surface area contributed by atoms with E-state index >= 15 is 0 Å². The number of aromatic nitrogens is 3. The maximum absolute atomic E-state index is 13.2. The maximum Gasteiger partial charge on any atom is 0.191 e. The van der Waals surface area contributed by atoms with Crippen LogP contribution in [0.4, 0.5) is 8.78 Å². The zero-order valence-electron chi connectivity index (χ0n) is 14.2. The lowest BCUT2D eigenvalue weighted by Gasteiger charge is -2.09. The van der Waals surface area contributed by atoms with Gasteiger partial charge in [-0.05, 0) is 29.8 Å². The van der Waals surface area contributed by atoms with E-state index in [0.29, 0.717) is 29.0 Å². The van der Waals surface area contributed by atoms with Crippen molar-refractivity contribution in [3.63, 3.8) is 0 Å². The summed E-state index contributed by atoms with van der Waals surface area (Å²) in [6.07, 6.45) is 1.74. The Morgan fingerprint density at radius 3 is 2.63 bits per heavy atom. The topological polar surface area (TPSA) is 39.9 Å². The molecule has 0 amide bonds. The van der Waals surface area contributed by atoms with Gasteiger partial charge in [0.15, 0.2) is 11.0 Å². The van der Waals surface area contributed by atoms with E-state index in [4.69, 9.17) is 16.3 Å². The van der Waals surface area contributed by atoms with Crippen LogP contribution in [-0.4, -0.2) is 14.8 Å². The summed E-state index contributed by atoms with van der Waals surface area (Å²) < 4.78 is 33.8. The molecule has 0 atom stereocenters. The first-order valence-electron chi connectivity index (χ1n) is 8.05. The van der Waals surface area contributed by atoms with E-state index in [-0.39, 0.29) is 17.4 Å². The molecule has 4 nitrogen and oxygen atoms in total. The minimum atomic E-state index is -0.502. The lowest BCUT2D eigenvalue weighted by Crippen LogP contribution is -2.07. The molecule has 3 aromatic rings. The molecule has 0 fully saturated rings. The van der Waals surface area contributed by atoms with Crippen LogP contribution in [0.15, 0.2) is 60.3 Å². The zero-order valence-corrected chi connectivity index (χ0v) is 15.8. The number of thioether (sulfide) groups is 1. The van der Waals surface area contributed by atoms with E-state index in [9.17, 15) is 8.78 Å². The van der Waals surface area contributed by atoms with E-state index in [0.717, 1.165) is 5.56 Å². The highest BCUT2D eigenvalue weighted by Crippen LogP contribution is 2.24. The predicted molar refractivity (Wildman–Crippen MR) is 102 cm³/mol. The van der Waals surface area contributed by atoms with Crippen molar-refractivity contribution in [1.82, 2.24) is 14.8 Å². The van der Waals surface area contributed by atoms with Crippen molar-refractivity contribution >= 4 is 23.4 Å². The first kappa shape index (κ1) is 19.4. The predicted octanol–water partition coefficient (Wildman–Crippen LogP) is 5.27. The minimum absolute atomic E-state index is 0.00407. The highest BCUT2D eigenvalue weighted by molar-refractivity contribution is 7.98. The van der Waals surface area contributed by atoms with Crippen LogP contribution in [0.1, 0.15) is 11.4 Å². The number of nitrogens with zero attached hydrogens (tertiary/aromatic N) is 3. The number of halogens is 3. The Labute approximate surface area is 164 Å². The average Bonchev–Trinajstić information content (AvgIpc) is 3.04. The van der Waals surface area contributed by atoms with Gasteiger partial charge in [-0.25, -0.2) is 8.78 Å². The van der Waals surface area contributed by atoms with Crippen LogP contribution in [0.2, 0.25) is 5.02 Å². The first-order chi connectivity index (χ1) is 13.1. The van der Waals surface area contributed by atoms with Gasteiger partial charge in [-0.15, -0.1) is 16.8 Å². The van der Waals surface area contributed by atoms with Crippen LogP contribution in [-0.2, 0) is 18.9 Å². The number of hydrogen-bond acceptors (Lipinski definition) is 4. The van der Waals surface area contributed by atoms with Gasteiger partial charge in [-0.3, -0.25) is 4.57 Å². The Morgan fingerprint density at radius 2 is 1.93 bits per heavy atom. The summed E-state index contributed by atoms with van der Waals surface area (Å²) in [5.41, 5.74) is 0.980. The SMILES string of the molecule is C=CCn1c(COc2ccc(F)c(Cl)c2)nnc1SCc1ccc(F)cc1. The van der Waals surface area contributed by atoms with Crippen molar-refractivity contribution in [2.24, 2.45) is 0 Å². The van der Waals surface area contributed by atoms with Crippen molar-refractivity contribution < 1.29 is 13.5 Å². The van der Waals surface area contributed by atoms with Crippen LogP contribution in [0.3, 0.4) is 0 Å². The Kier molecular flexibility index (Phi) is 6.47. The second-order valence-corrected chi connectivity index (χ2v) is 6.93. The molecule has 3 rings (SSSR count). The summed E-state index contributed by atoms with van der Waals surface area (Å²) >= 11 is 7.25. The summed E-state index contributed by atoms with van der Waals surface area (Å²) in [6, 6.07) is 10.5. The van der Waals surface area contributed by atoms with Gasteiger partial charge in [0.05, 0.1) is 5.02 Å². The number of hydrogen-bond donors (Lipinski definition) is 0. The van der Waals surface area contributed by atoms with Crippen LogP contribution < -0.4 is 4.74 Å². The molecule has 0 radical (unpaired) electrons. The van der Waals surface area contributed by atoms with Gasteiger partial charge in [0, 0.05) is 18.4 Å². The summed E-state index contributed by atoms with van der Waals surface area (Å²) in [4.78, 5) is 0. The highest BCUT2D eigenvalue weighted by atomic mass is 35.5. The van der Waals surface area contributed by atoms with Crippen LogP contribution in [0, 0.1) is 11.6 Å². The van der Waals surface area contributed by atoms with E-state index < -0.39 is 5.82 Å². The van der Waals surface area contributed by atoms with E-state index in [1.54, 1.807) is 18.2 Å². The van der Waals surface area contributed by atoms with E-state index in [1.807, 2.05) is 4.57 Å². The third-order valence-corrected chi connectivity index (χ3v) is 4.97. The molecule has 0 aliphatic heterocycles. The van der Waals surface area contributed by atoms with Crippen molar-refractivity contribution in [2.75, 3.05) is 0 Å². The molecule has 0 unspecified atom stereocenters. The summed E-state index contributed by atoms with van der Waals surface area (Å²) in [5, 5.41) is 9.07. The zero-order chi connectivity index (χ0) is 19.2. The van der Waals surface area contributed by atoms with Gasteiger partial charge in [0.1, 0.15) is 24.0 Å². The minimum Gasteiger partial charge on any atom is -0.486 e. The molecule has 8 heteroatoms.